The molecule has 93 heavy (non-hydrogen) atoms. The zero-order chi connectivity index (χ0) is 61.5. The Morgan fingerprint density at radius 2 is 0.591 bits per heavy atom. The molecule has 1 heterocycles. The molecule has 1 heteroatoms. The van der Waals surface area contributed by atoms with Gasteiger partial charge in [-0.05, 0) is 211 Å². The molecule has 0 fully saturated rings. The maximum absolute atomic E-state index is 2.55. The fraction of sp³-hybridized carbons (Fsp3) is 0.0652. The molecule has 434 valence electrons. The quantitative estimate of drug-likeness (QED) is 0.146. The molecule has 0 N–H and O–H groups in total. The lowest BCUT2D eigenvalue weighted by Gasteiger charge is -2.31. The Kier molecular flexibility index (Phi) is 10.8. The summed E-state index contributed by atoms with van der Waals surface area (Å²) in [7, 11) is 0. The molecule has 0 unspecified atom stereocenters. The van der Waals surface area contributed by atoms with E-state index in [9.17, 15) is 0 Å². The molecule has 0 amide bonds. The summed E-state index contributed by atoms with van der Waals surface area (Å²) in [6, 6.07) is 116. The highest BCUT2D eigenvalue weighted by molar-refractivity contribution is 6.11. The van der Waals surface area contributed by atoms with E-state index in [0.29, 0.717) is 0 Å². The van der Waals surface area contributed by atoms with Crippen molar-refractivity contribution in [1.82, 2.24) is 4.57 Å². The molecule has 5 aliphatic rings. The number of nitrogens with zero attached hydrogens (tertiary/aromatic N) is 1. The minimum absolute atomic E-state index is 0.0710. The molecule has 2 spiro atoms. The number of rotatable bonds is 6. The number of aromatic nitrogens is 1. The molecular weight excluding hydrogens is 1120 g/mol. The van der Waals surface area contributed by atoms with Crippen LogP contribution in [0.5, 0.6) is 0 Å². The van der Waals surface area contributed by atoms with Crippen LogP contribution in [0, 0.1) is 6.92 Å². The van der Waals surface area contributed by atoms with Gasteiger partial charge in [-0.2, -0.15) is 0 Å². The van der Waals surface area contributed by atoms with Crippen LogP contribution in [0.4, 0.5) is 0 Å². The van der Waals surface area contributed by atoms with Crippen LogP contribution < -0.4 is 0 Å². The lowest BCUT2D eigenvalue weighted by molar-refractivity contribution is 0.660. The second-order valence-corrected chi connectivity index (χ2v) is 27.1. The minimum Gasteiger partial charge on any atom is -0.309 e. The fourth-order valence-corrected chi connectivity index (χ4v) is 18.0. The first-order valence-corrected chi connectivity index (χ1v) is 32.9. The first kappa shape index (κ1) is 52.4. The highest BCUT2D eigenvalue weighted by Crippen LogP contribution is 2.66. The Bertz CT molecular complexity index is 5690. The molecule has 0 saturated heterocycles. The van der Waals surface area contributed by atoms with Gasteiger partial charge in [-0.25, -0.2) is 0 Å². The van der Waals surface area contributed by atoms with Crippen molar-refractivity contribution >= 4 is 34.0 Å². The van der Waals surface area contributed by atoms with E-state index in [1.54, 1.807) is 0 Å². The van der Waals surface area contributed by atoms with Gasteiger partial charge in [0.2, 0.25) is 0 Å². The van der Waals surface area contributed by atoms with Gasteiger partial charge in [-0.15, -0.1) is 0 Å². The third-order valence-electron chi connectivity index (χ3n) is 22.1. The normalized spacial score (nSPS) is 14.6. The lowest BCUT2D eigenvalue weighted by Crippen LogP contribution is -2.26. The molecule has 0 radical (unpaired) electrons. The van der Waals surface area contributed by atoms with Crippen LogP contribution in [0.15, 0.2) is 303 Å². The van der Waals surface area contributed by atoms with Crippen molar-refractivity contribution in [2.24, 2.45) is 0 Å². The standard InChI is InChI=1S/C92H61N/c1-56-28-44-72-73-46-40-63(53-86(73)91(84(72)50-56)79-23-11-5-17-67(79)68-18-6-12-24-80(68)91)64-41-47-75-74-45-39-62(52-85(74)92(87(75)54-64)81-25-13-7-19-69(81)70-20-8-14-26-82(70)92)60-37-33-58(34-38-60)30-29-57-31-35-59(36-32-57)61-42-49-89-77(51-61)76-21-9-15-27-88(76)93(89)65-43-48-71-66-16-4-10-22-78(66)90(2,3)83(71)55-65/h4-55H,1-3H3/b30-29+. The number of hydrogen-bond donors (Lipinski definition) is 0. The van der Waals surface area contributed by atoms with Crippen molar-refractivity contribution in [1.29, 1.82) is 0 Å². The summed E-state index contributed by atoms with van der Waals surface area (Å²) in [6.07, 6.45) is 4.47. The Balaban J connectivity index is 0.623. The van der Waals surface area contributed by atoms with Crippen LogP contribution in [-0.2, 0) is 16.2 Å². The van der Waals surface area contributed by atoms with E-state index in [1.165, 1.54) is 178 Å². The van der Waals surface area contributed by atoms with Gasteiger partial charge < -0.3 is 4.57 Å². The zero-order valence-electron chi connectivity index (χ0n) is 52.0. The first-order chi connectivity index (χ1) is 45.7. The SMILES string of the molecule is Cc1ccc2c(c1)C1(c3ccccc3-c3ccccc31)c1cc(-c3ccc4c(c3)C3(c5ccccc5-c5ccccc53)c3cc(-c5ccc(/C=C/c6ccc(-c7ccc8c(c7)c7ccccc7n8-c7ccc8c(c7)C(C)(C)c7ccccc7-8)cc6)cc5)ccc3-4)ccc1-2. The molecular formula is C92H61N. The zero-order valence-corrected chi connectivity index (χ0v) is 52.0. The van der Waals surface area contributed by atoms with Crippen molar-refractivity contribution in [2.45, 2.75) is 37.0 Å². The smallest absolute Gasteiger partial charge is 0.0725 e. The topological polar surface area (TPSA) is 4.93 Å². The summed E-state index contributed by atoms with van der Waals surface area (Å²) in [4.78, 5) is 0. The van der Waals surface area contributed by atoms with Crippen molar-refractivity contribution in [3.8, 4) is 94.7 Å². The van der Waals surface area contributed by atoms with Gasteiger partial charge in [0.05, 0.1) is 21.9 Å². The van der Waals surface area contributed by atoms with E-state index in [4.69, 9.17) is 0 Å². The summed E-state index contributed by atoms with van der Waals surface area (Å²) in [6.45, 7) is 6.96. The van der Waals surface area contributed by atoms with Crippen molar-refractivity contribution in [2.75, 3.05) is 0 Å². The summed E-state index contributed by atoms with van der Waals surface area (Å²) in [5.41, 5.74) is 40.4. The number of para-hydroxylation sites is 1. The average molecular weight is 1180 g/mol. The Morgan fingerprint density at radius 3 is 1.10 bits per heavy atom. The second-order valence-electron chi connectivity index (χ2n) is 27.1. The number of fused-ring (bicyclic) bond motifs is 26. The number of hydrogen-bond acceptors (Lipinski definition) is 0. The first-order valence-electron chi connectivity index (χ1n) is 32.9. The monoisotopic (exact) mass is 1180 g/mol. The highest BCUT2D eigenvalue weighted by Gasteiger charge is 2.54. The lowest BCUT2D eigenvalue weighted by atomic mass is 9.69. The van der Waals surface area contributed by atoms with E-state index in [-0.39, 0.29) is 5.41 Å². The largest absolute Gasteiger partial charge is 0.309 e. The van der Waals surface area contributed by atoms with Gasteiger partial charge >= 0.3 is 0 Å². The van der Waals surface area contributed by atoms with E-state index in [2.05, 4.69) is 341 Å². The van der Waals surface area contributed by atoms with Crippen LogP contribution in [0.2, 0.25) is 0 Å². The molecule has 14 aromatic carbocycles. The van der Waals surface area contributed by atoms with Gasteiger partial charge in [0.1, 0.15) is 0 Å². The summed E-state index contributed by atoms with van der Waals surface area (Å²) < 4.78 is 2.45. The Hall–Kier alpha value is -11.4. The summed E-state index contributed by atoms with van der Waals surface area (Å²) >= 11 is 0. The van der Waals surface area contributed by atoms with Gasteiger partial charge in [0.25, 0.3) is 0 Å². The predicted octanol–water partition coefficient (Wildman–Crippen LogP) is 23.3. The summed E-state index contributed by atoms with van der Waals surface area (Å²) in [5.74, 6) is 0. The molecule has 0 atom stereocenters. The molecule has 1 aromatic heterocycles. The molecule has 0 saturated carbocycles. The maximum atomic E-state index is 2.55. The van der Waals surface area contributed by atoms with Crippen molar-refractivity contribution in [3.63, 3.8) is 0 Å². The Labute approximate surface area is 542 Å². The molecule has 5 aliphatic carbocycles. The van der Waals surface area contributed by atoms with Crippen LogP contribution in [-0.4, -0.2) is 4.57 Å². The Morgan fingerprint density at radius 1 is 0.247 bits per heavy atom. The van der Waals surface area contributed by atoms with Crippen molar-refractivity contribution < 1.29 is 0 Å². The van der Waals surface area contributed by atoms with E-state index in [0.717, 1.165) is 11.1 Å². The van der Waals surface area contributed by atoms with E-state index in [1.807, 2.05) is 0 Å². The predicted molar refractivity (Wildman–Crippen MR) is 387 cm³/mol. The van der Waals surface area contributed by atoms with Crippen LogP contribution in [0.25, 0.3) is 129 Å². The second kappa shape index (κ2) is 19.1. The molecule has 0 bridgehead atoms. The van der Waals surface area contributed by atoms with Gasteiger partial charge in [0, 0.05) is 21.9 Å². The van der Waals surface area contributed by atoms with Gasteiger partial charge in [0.15, 0.2) is 0 Å². The minimum atomic E-state index is -0.515. The van der Waals surface area contributed by atoms with E-state index < -0.39 is 10.8 Å². The molecule has 0 aliphatic heterocycles. The fourth-order valence-electron chi connectivity index (χ4n) is 18.0. The highest BCUT2D eigenvalue weighted by atomic mass is 15.0. The van der Waals surface area contributed by atoms with Gasteiger partial charge in [-0.1, -0.05) is 286 Å². The maximum Gasteiger partial charge on any atom is 0.0725 e. The van der Waals surface area contributed by atoms with Crippen LogP contribution in [0.1, 0.15) is 86.2 Å². The molecule has 1 nitrogen and oxygen atoms in total. The van der Waals surface area contributed by atoms with Gasteiger partial charge in [-0.3, -0.25) is 0 Å². The summed E-state index contributed by atoms with van der Waals surface area (Å²) in [5, 5.41) is 2.52. The molecule has 15 aromatic rings. The third kappa shape index (κ3) is 7.06. The van der Waals surface area contributed by atoms with Crippen LogP contribution in [0.3, 0.4) is 0 Å². The average Bonchev–Trinajstić information content (AvgIpc) is 1.51. The van der Waals surface area contributed by atoms with Crippen molar-refractivity contribution in [3.05, 3.63) is 376 Å². The van der Waals surface area contributed by atoms with Crippen LogP contribution >= 0.6 is 0 Å². The number of benzene rings is 14. The van der Waals surface area contributed by atoms with E-state index >= 15 is 0 Å². The third-order valence-corrected chi connectivity index (χ3v) is 22.1. The molecule has 20 rings (SSSR count). The number of aryl methyl sites for hydroxylation is 1.